The molecule has 4 heteroatoms. The number of rotatable bonds is 3. The largest absolute Gasteiger partial charge is 0.341 e. The summed E-state index contributed by atoms with van der Waals surface area (Å²) in [4.78, 5) is 16.1. The van der Waals surface area contributed by atoms with Crippen LogP contribution in [-0.4, -0.2) is 54.5 Å². The molecule has 2 heterocycles. The van der Waals surface area contributed by atoms with Gasteiger partial charge in [0.15, 0.2) is 0 Å². The molecule has 2 atom stereocenters. The predicted molar refractivity (Wildman–Crippen MR) is 64.0 cm³/mol. The maximum Gasteiger partial charge on any atom is 0.236 e. The highest BCUT2D eigenvalue weighted by Gasteiger charge is 2.29. The highest BCUT2D eigenvalue weighted by molar-refractivity contribution is 5.79. The second kappa shape index (κ2) is 5.15. The van der Waals surface area contributed by atoms with Crippen molar-refractivity contribution in [2.75, 3.05) is 32.7 Å². The molecule has 0 spiro atoms. The van der Waals surface area contributed by atoms with E-state index in [0.717, 1.165) is 32.0 Å². The van der Waals surface area contributed by atoms with Gasteiger partial charge in [0, 0.05) is 25.7 Å². The Kier molecular flexibility index (Phi) is 3.82. The number of amides is 1. The van der Waals surface area contributed by atoms with Gasteiger partial charge < -0.3 is 10.6 Å². The first-order chi connectivity index (χ1) is 7.70. The first-order valence-corrected chi connectivity index (χ1v) is 6.42. The molecular formula is C12H23N3O. The topological polar surface area (TPSA) is 49.6 Å². The number of carbonyl (C=O) groups excluding carboxylic acids is 1. The second-order valence-electron chi connectivity index (χ2n) is 5.22. The standard InChI is InChI=1S/C12H23N3O/c1-10-3-6-15(11(7-10)8-13)9-12(16)14-4-2-5-14/h10-11H,2-9,13H2,1H3. The molecule has 0 bridgehead atoms. The van der Waals surface area contributed by atoms with E-state index in [2.05, 4.69) is 11.8 Å². The van der Waals surface area contributed by atoms with Crippen LogP contribution in [0.2, 0.25) is 0 Å². The molecule has 16 heavy (non-hydrogen) atoms. The Bertz CT molecular complexity index is 253. The zero-order chi connectivity index (χ0) is 11.5. The molecular weight excluding hydrogens is 202 g/mol. The fraction of sp³-hybridized carbons (Fsp3) is 0.917. The summed E-state index contributed by atoms with van der Waals surface area (Å²) in [6.45, 7) is 6.47. The number of hydrogen-bond donors (Lipinski definition) is 1. The van der Waals surface area contributed by atoms with E-state index in [4.69, 9.17) is 5.73 Å². The van der Waals surface area contributed by atoms with Gasteiger partial charge in [-0.15, -0.1) is 0 Å². The predicted octanol–water partition coefficient (Wildman–Crippen LogP) is 0.278. The van der Waals surface area contributed by atoms with E-state index in [-0.39, 0.29) is 0 Å². The van der Waals surface area contributed by atoms with Crippen LogP contribution >= 0.6 is 0 Å². The Balaban J connectivity index is 1.84. The van der Waals surface area contributed by atoms with Crippen LogP contribution in [0.3, 0.4) is 0 Å². The van der Waals surface area contributed by atoms with Crippen molar-refractivity contribution in [1.82, 2.24) is 9.80 Å². The smallest absolute Gasteiger partial charge is 0.236 e. The highest BCUT2D eigenvalue weighted by Crippen LogP contribution is 2.22. The number of piperidine rings is 1. The van der Waals surface area contributed by atoms with E-state index >= 15 is 0 Å². The van der Waals surface area contributed by atoms with Crippen LogP contribution in [0.5, 0.6) is 0 Å². The molecule has 2 rings (SSSR count). The van der Waals surface area contributed by atoms with Crippen molar-refractivity contribution in [2.45, 2.75) is 32.2 Å². The van der Waals surface area contributed by atoms with Gasteiger partial charge in [-0.1, -0.05) is 6.92 Å². The molecule has 2 fully saturated rings. The monoisotopic (exact) mass is 225 g/mol. The summed E-state index contributed by atoms with van der Waals surface area (Å²) in [5.41, 5.74) is 5.79. The molecule has 0 aromatic heterocycles. The Morgan fingerprint density at radius 1 is 1.38 bits per heavy atom. The van der Waals surface area contributed by atoms with E-state index < -0.39 is 0 Å². The zero-order valence-electron chi connectivity index (χ0n) is 10.2. The van der Waals surface area contributed by atoms with E-state index in [1.807, 2.05) is 4.90 Å². The van der Waals surface area contributed by atoms with Crippen molar-refractivity contribution in [3.63, 3.8) is 0 Å². The summed E-state index contributed by atoms with van der Waals surface area (Å²) in [6.07, 6.45) is 3.51. The van der Waals surface area contributed by atoms with Gasteiger partial charge in [-0.05, 0) is 31.7 Å². The third-order valence-corrected chi connectivity index (χ3v) is 3.92. The van der Waals surface area contributed by atoms with Crippen LogP contribution in [0, 0.1) is 5.92 Å². The Hall–Kier alpha value is -0.610. The lowest BCUT2D eigenvalue weighted by Gasteiger charge is -2.39. The molecule has 0 radical (unpaired) electrons. The Labute approximate surface area is 97.8 Å². The Morgan fingerprint density at radius 3 is 2.69 bits per heavy atom. The van der Waals surface area contributed by atoms with Crippen LogP contribution in [-0.2, 0) is 4.79 Å². The molecule has 0 aromatic carbocycles. The summed E-state index contributed by atoms with van der Waals surface area (Å²) in [7, 11) is 0. The molecule has 2 aliphatic rings. The van der Waals surface area contributed by atoms with Crippen molar-refractivity contribution in [3.8, 4) is 0 Å². The van der Waals surface area contributed by atoms with E-state index in [9.17, 15) is 4.79 Å². The molecule has 2 unspecified atom stereocenters. The minimum absolute atomic E-state index is 0.291. The second-order valence-corrected chi connectivity index (χ2v) is 5.22. The van der Waals surface area contributed by atoms with E-state index in [0.29, 0.717) is 25.0 Å². The maximum atomic E-state index is 11.9. The molecule has 0 aliphatic carbocycles. The van der Waals surface area contributed by atoms with Gasteiger partial charge in [0.1, 0.15) is 0 Å². The summed E-state index contributed by atoms with van der Waals surface area (Å²) < 4.78 is 0. The van der Waals surface area contributed by atoms with Gasteiger partial charge in [-0.25, -0.2) is 0 Å². The van der Waals surface area contributed by atoms with Gasteiger partial charge >= 0.3 is 0 Å². The van der Waals surface area contributed by atoms with Gasteiger partial charge in [0.2, 0.25) is 5.91 Å². The van der Waals surface area contributed by atoms with Gasteiger partial charge in [0.25, 0.3) is 0 Å². The highest BCUT2D eigenvalue weighted by atomic mass is 16.2. The molecule has 92 valence electrons. The number of likely N-dealkylation sites (tertiary alicyclic amines) is 2. The SMILES string of the molecule is CC1CCN(CC(=O)N2CCC2)C(CN)C1. The Morgan fingerprint density at radius 2 is 2.12 bits per heavy atom. The maximum absolute atomic E-state index is 11.9. The van der Waals surface area contributed by atoms with Crippen molar-refractivity contribution in [1.29, 1.82) is 0 Å². The number of nitrogens with two attached hydrogens (primary N) is 1. The van der Waals surface area contributed by atoms with Crippen molar-refractivity contribution in [3.05, 3.63) is 0 Å². The molecule has 2 N–H and O–H groups in total. The molecule has 4 nitrogen and oxygen atoms in total. The molecule has 0 aromatic rings. The third-order valence-electron chi connectivity index (χ3n) is 3.92. The number of carbonyl (C=O) groups is 1. The molecule has 2 saturated heterocycles. The van der Waals surface area contributed by atoms with Gasteiger partial charge in [-0.2, -0.15) is 0 Å². The van der Waals surface area contributed by atoms with Crippen molar-refractivity contribution < 1.29 is 4.79 Å². The summed E-state index contributed by atoms with van der Waals surface area (Å²) in [5, 5.41) is 0. The first kappa shape index (κ1) is 11.9. The van der Waals surface area contributed by atoms with Crippen molar-refractivity contribution in [2.24, 2.45) is 11.7 Å². The lowest BCUT2D eigenvalue weighted by Crippen LogP contribution is -2.53. The lowest BCUT2D eigenvalue weighted by molar-refractivity contribution is -0.136. The van der Waals surface area contributed by atoms with Gasteiger partial charge in [-0.3, -0.25) is 9.69 Å². The summed E-state index contributed by atoms with van der Waals surface area (Å²) in [5.74, 6) is 1.04. The quantitative estimate of drug-likeness (QED) is 0.750. The average molecular weight is 225 g/mol. The van der Waals surface area contributed by atoms with E-state index in [1.165, 1.54) is 12.8 Å². The van der Waals surface area contributed by atoms with Gasteiger partial charge in [0.05, 0.1) is 6.54 Å². The van der Waals surface area contributed by atoms with E-state index in [1.54, 1.807) is 0 Å². The molecule has 2 aliphatic heterocycles. The van der Waals surface area contributed by atoms with Crippen molar-refractivity contribution >= 4 is 5.91 Å². The minimum Gasteiger partial charge on any atom is -0.341 e. The molecule has 1 amide bonds. The van der Waals surface area contributed by atoms with Crippen LogP contribution in [0.25, 0.3) is 0 Å². The fourth-order valence-corrected chi connectivity index (χ4v) is 2.59. The molecule has 0 saturated carbocycles. The fourth-order valence-electron chi connectivity index (χ4n) is 2.59. The van der Waals surface area contributed by atoms with Crippen LogP contribution in [0.1, 0.15) is 26.2 Å². The number of nitrogens with zero attached hydrogens (tertiary/aromatic N) is 2. The lowest BCUT2D eigenvalue weighted by atomic mass is 9.92. The summed E-state index contributed by atoms with van der Waals surface area (Å²) >= 11 is 0. The normalized spacial score (nSPS) is 31.2. The number of hydrogen-bond acceptors (Lipinski definition) is 3. The van der Waals surface area contributed by atoms with Crippen LogP contribution in [0.15, 0.2) is 0 Å². The van der Waals surface area contributed by atoms with Crippen LogP contribution in [0.4, 0.5) is 0 Å². The average Bonchev–Trinajstić information content (AvgIpc) is 2.18. The van der Waals surface area contributed by atoms with Crippen LogP contribution < -0.4 is 5.73 Å². The first-order valence-electron chi connectivity index (χ1n) is 6.42. The third kappa shape index (κ3) is 2.55. The zero-order valence-corrected chi connectivity index (χ0v) is 10.2. The summed E-state index contributed by atoms with van der Waals surface area (Å²) in [6, 6.07) is 0.411. The minimum atomic E-state index is 0.291.